The monoisotopic (exact) mass is 431 g/mol. The lowest BCUT2D eigenvalue weighted by Gasteiger charge is -2.18. The van der Waals surface area contributed by atoms with Gasteiger partial charge in [-0.1, -0.05) is 65.3 Å². The molecule has 0 unspecified atom stereocenters. The van der Waals surface area contributed by atoms with Gasteiger partial charge in [0.1, 0.15) is 16.7 Å². The van der Waals surface area contributed by atoms with Gasteiger partial charge in [0.2, 0.25) is 5.91 Å². The Kier molecular flexibility index (Phi) is 6.30. The van der Waals surface area contributed by atoms with E-state index in [-0.39, 0.29) is 11.5 Å². The molecule has 2 aromatic carbocycles. The van der Waals surface area contributed by atoms with Gasteiger partial charge in [-0.15, -0.1) is 0 Å². The summed E-state index contributed by atoms with van der Waals surface area (Å²) in [6, 6.07) is 16.1. The summed E-state index contributed by atoms with van der Waals surface area (Å²) in [5.74, 6) is -0.765. The maximum atomic E-state index is 13.2. The molecule has 0 saturated carbocycles. The van der Waals surface area contributed by atoms with E-state index < -0.39 is 11.2 Å². The molecule has 3 rings (SSSR count). The number of anilines is 1. The number of amides is 2. The van der Waals surface area contributed by atoms with E-state index in [1.807, 2.05) is 12.1 Å². The van der Waals surface area contributed by atoms with Crippen LogP contribution in [0.1, 0.15) is 5.56 Å². The first-order chi connectivity index (χ1) is 13.5. The van der Waals surface area contributed by atoms with E-state index in [2.05, 4.69) is 5.32 Å². The molecule has 1 atom stereocenters. The Hall–Kier alpha value is -2.46. The standard InChI is InChI=1S/C20H15Cl2N3O2S/c1-24-18(26)14(11-23)20-25(13-7-3-2-4-8-13)19(27)16(28-20)10-12-6-5-9-15(21)17(12)22/h2-9,16H,10H2,1H3,(H,24,26)/b20-14-/t16-/m1/s1. The minimum absolute atomic E-state index is 0.107. The first-order valence-corrected chi connectivity index (χ1v) is 9.96. The number of hydrogen-bond acceptors (Lipinski definition) is 4. The average molecular weight is 432 g/mol. The van der Waals surface area contributed by atoms with Crippen molar-refractivity contribution in [3.8, 4) is 6.07 Å². The number of rotatable bonds is 4. The molecule has 1 N–H and O–H groups in total. The highest BCUT2D eigenvalue weighted by atomic mass is 35.5. The Labute approximate surface area is 176 Å². The second kappa shape index (κ2) is 8.70. The molecule has 5 nitrogen and oxygen atoms in total. The van der Waals surface area contributed by atoms with E-state index in [1.54, 1.807) is 42.5 Å². The average Bonchev–Trinajstić information content (AvgIpc) is 3.02. The number of likely N-dealkylation sites (N-methyl/N-ethyl adjacent to an activating group) is 1. The van der Waals surface area contributed by atoms with Crippen molar-refractivity contribution in [3.63, 3.8) is 0 Å². The van der Waals surface area contributed by atoms with Crippen LogP contribution >= 0.6 is 35.0 Å². The number of hydrogen-bond donors (Lipinski definition) is 1. The molecule has 1 heterocycles. The Morgan fingerprint density at radius 3 is 2.57 bits per heavy atom. The number of nitriles is 1. The van der Waals surface area contributed by atoms with Gasteiger partial charge in [0.25, 0.3) is 5.91 Å². The molecule has 1 fully saturated rings. The molecule has 0 spiro atoms. The second-order valence-corrected chi connectivity index (χ2v) is 7.88. The molecule has 2 aromatic rings. The summed E-state index contributed by atoms with van der Waals surface area (Å²) in [6.45, 7) is 0. The Morgan fingerprint density at radius 2 is 1.93 bits per heavy atom. The van der Waals surface area contributed by atoms with Crippen LogP contribution in [0.4, 0.5) is 5.69 Å². The molecule has 1 aliphatic heterocycles. The maximum absolute atomic E-state index is 13.2. The van der Waals surface area contributed by atoms with Crippen molar-refractivity contribution in [1.29, 1.82) is 5.26 Å². The Balaban J connectivity index is 2.05. The minimum Gasteiger partial charge on any atom is -0.354 e. The van der Waals surface area contributed by atoms with E-state index in [9.17, 15) is 14.9 Å². The van der Waals surface area contributed by atoms with E-state index in [0.29, 0.717) is 27.2 Å². The molecule has 0 aliphatic carbocycles. The van der Waals surface area contributed by atoms with Gasteiger partial charge in [-0.3, -0.25) is 14.5 Å². The fraction of sp³-hybridized carbons (Fsp3) is 0.150. The van der Waals surface area contributed by atoms with Crippen molar-refractivity contribution in [1.82, 2.24) is 5.32 Å². The summed E-state index contributed by atoms with van der Waals surface area (Å²) in [7, 11) is 1.44. The lowest BCUT2D eigenvalue weighted by molar-refractivity contribution is -0.117. The quantitative estimate of drug-likeness (QED) is 0.582. The van der Waals surface area contributed by atoms with Crippen molar-refractivity contribution >= 4 is 52.5 Å². The molecule has 2 amide bonds. The number of carbonyl (C=O) groups is 2. The fourth-order valence-corrected chi connectivity index (χ4v) is 4.52. The van der Waals surface area contributed by atoms with Crippen LogP contribution in [-0.4, -0.2) is 24.1 Å². The van der Waals surface area contributed by atoms with Crippen molar-refractivity contribution in [2.45, 2.75) is 11.7 Å². The maximum Gasteiger partial charge on any atom is 0.264 e. The Bertz CT molecular complexity index is 1000. The van der Waals surface area contributed by atoms with Crippen LogP contribution in [0.25, 0.3) is 0 Å². The molecule has 142 valence electrons. The van der Waals surface area contributed by atoms with Gasteiger partial charge in [0, 0.05) is 12.7 Å². The summed E-state index contributed by atoms with van der Waals surface area (Å²) in [4.78, 5) is 26.8. The highest BCUT2D eigenvalue weighted by Gasteiger charge is 2.40. The first kappa shape index (κ1) is 20.3. The third-order valence-electron chi connectivity index (χ3n) is 4.18. The number of para-hydroxylation sites is 1. The molecule has 0 bridgehead atoms. The van der Waals surface area contributed by atoms with Crippen molar-refractivity contribution in [2.75, 3.05) is 11.9 Å². The van der Waals surface area contributed by atoms with E-state index in [0.717, 1.165) is 5.56 Å². The highest BCUT2D eigenvalue weighted by molar-refractivity contribution is 8.05. The van der Waals surface area contributed by atoms with E-state index in [1.165, 1.54) is 23.7 Å². The van der Waals surface area contributed by atoms with Crippen molar-refractivity contribution in [3.05, 3.63) is 74.7 Å². The van der Waals surface area contributed by atoms with Crippen LogP contribution in [-0.2, 0) is 16.0 Å². The van der Waals surface area contributed by atoms with Gasteiger partial charge < -0.3 is 5.32 Å². The molecule has 0 aromatic heterocycles. The summed E-state index contributed by atoms with van der Waals surface area (Å²) in [6.07, 6.45) is 0.322. The predicted octanol–water partition coefficient (Wildman–Crippen LogP) is 4.17. The zero-order chi connectivity index (χ0) is 20.3. The van der Waals surface area contributed by atoms with Gasteiger partial charge >= 0.3 is 0 Å². The smallest absolute Gasteiger partial charge is 0.264 e. The largest absolute Gasteiger partial charge is 0.354 e. The topological polar surface area (TPSA) is 73.2 Å². The van der Waals surface area contributed by atoms with Crippen LogP contribution in [0.5, 0.6) is 0 Å². The van der Waals surface area contributed by atoms with Crippen LogP contribution < -0.4 is 10.2 Å². The zero-order valence-corrected chi connectivity index (χ0v) is 17.1. The van der Waals surface area contributed by atoms with Gasteiger partial charge in [-0.05, 0) is 30.2 Å². The lowest BCUT2D eigenvalue weighted by atomic mass is 10.1. The third kappa shape index (κ3) is 3.88. The van der Waals surface area contributed by atoms with E-state index in [4.69, 9.17) is 23.2 Å². The summed E-state index contributed by atoms with van der Waals surface area (Å²) >= 11 is 13.5. The number of carbonyl (C=O) groups excluding carboxylic acids is 2. The van der Waals surface area contributed by atoms with Gasteiger partial charge in [-0.25, -0.2) is 0 Å². The normalized spacial score (nSPS) is 18.0. The van der Waals surface area contributed by atoms with Crippen LogP contribution in [0, 0.1) is 11.3 Å². The fourth-order valence-electron chi connectivity index (χ4n) is 2.83. The molecule has 8 heteroatoms. The van der Waals surface area contributed by atoms with Crippen LogP contribution in [0.2, 0.25) is 10.0 Å². The van der Waals surface area contributed by atoms with Gasteiger partial charge in [0.15, 0.2) is 0 Å². The molecular weight excluding hydrogens is 417 g/mol. The zero-order valence-electron chi connectivity index (χ0n) is 14.8. The first-order valence-electron chi connectivity index (χ1n) is 8.33. The molecule has 1 aliphatic rings. The van der Waals surface area contributed by atoms with Crippen molar-refractivity contribution in [2.24, 2.45) is 0 Å². The minimum atomic E-state index is -0.542. The number of halogens is 2. The number of nitrogens with zero attached hydrogens (tertiary/aromatic N) is 2. The number of benzene rings is 2. The second-order valence-electron chi connectivity index (χ2n) is 5.90. The SMILES string of the molecule is CNC(=O)/C(C#N)=C1\S[C@H](Cc2cccc(Cl)c2Cl)C(=O)N1c1ccccc1. The lowest BCUT2D eigenvalue weighted by Crippen LogP contribution is -2.31. The third-order valence-corrected chi connectivity index (χ3v) is 6.30. The summed E-state index contributed by atoms with van der Waals surface area (Å²) in [5.41, 5.74) is 1.21. The van der Waals surface area contributed by atoms with Crippen molar-refractivity contribution < 1.29 is 9.59 Å². The molecule has 1 saturated heterocycles. The molecule has 28 heavy (non-hydrogen) atoms. The summed E-state index contributed by atoms with van der Waals surface area (Å²) < 4.78 is 0. The number of thioether (sulfide) groups is 1. The van der Waals surface area contributed by atoms with Crippen LogP contribution in [0.3, 0.4) is 0 Å². The summed E-state index contributed by atoms with van der Waals surface area (Å²) in [5, 5.41) is 12.6. The van der Waals surface area contributed by atoms with Gasteiger partial charge in [-0.2, -0.15) is 5.26 Å². The molecule has 0 radical (unpaired) electrons. The number of nitrogens with one attached hydrogen (secondary N) is 1. The highest BCUT2D eigenvalue weighted by Crippen LogP contribution is 2.42. The van der Waals surface area contributed by atoms with Gasteiger partial charge in [0.05, 0.1) is 15.3 Å². The molecular formula is C20H15Cl2N3O2S. The van der Waals surface area contributed by atoms with Crippen LogP contribution in [0.15, 0.2) is 59.1 Å². The Morgan fingerprint density at radius 1 is 1.21 bits per heavy atom. The van der Waals surface area contributed by atoms with E-state index >= 15 is 0 Å². The predicted molar refractivity (Wildman–Crippen MR) is 112 cm³/mol.